The van der Waals surface area contributed by atoms with E-state index < -0.39 is 0 Å². The Bertz CT molecular complexity index is 205. The van der Waals surface area contributed by atoms with Gasteiger partial charge in [-0.2, -0.15) is 0 Å². The largest absolute Gasteiger partial charge is 0.383 e. The minimum absolute atomic E-state index is 0.449. The summed E-state index contributed by atoms with van der Waals surface area (Å²) in [6.45, 7) is 11.1. The van der Waals surface area contributed by atoms with Crippen LogP contribution in [0.4, 0.5) is 0 Å². The van der Waals surface area contributed by atoms with Crippen LogP contribution in [0.15, 0.2) is 0 Å². The maximum absolute atomic E-state index is 5.12. The summed E-state index contributed by atoms with van der Waals surface area (Å²) in [4.78, 5) is 5.06. The molecule has 0 spiro atoms. The molecule has 0 bridgehead atoms. The van der Waals surface area contributed by atoms with Crippen molar-refractivity contribution >= 4 is 0 Å². The summed E-state index contributed by atoms with van der Waals surface area (Å²) in [5.41, 5.74) is 0. The highest BCUT2D eigenvalue weighted by Gasteiger charge is 2.21. The fraction of sp³-hybridized carbons (Fsp3) is 1.00. The molecule has 1 aliphatic heterocycles. The van der Waals surface area contributed by atoms with Gasteiger partial charge in [-0.3, -0.25) is 0 Å². The average Bonchev–Trinajstić information content (AvgIpc) is 2.39. The van der Waals surface area contributed by atoms with Gasteiger partial charge in [-0.1, -0.05) is 6.92 Å². The van der Waals surface area contributed by atoms with Crippen molar-refractivity contribution in [3.05, 3.63) is 0 Å². The number of hydrogen-bond acceptors (Lipinski definition) is 4. The van der Waals surface area contributed by atoms with Gasteiger partial charge in [0.2, 0.25) is 0 Å². The van der Waals surface area contributed by atoms with Crippen molar-refractivity contribution < 1.29 is 4.74 Å². The SMILES string of the molecule is CCN1CCC(N(C)CCNC(C)COC)CC1. The zero-order chi connectivity index (χ0) is 13.4. The molecule has 0 aromatic heterocycles. The summed E-state index contributed by atoms with van der Waals surface area (Å²) >= 11 is 0. The van der Waals surface area contributed by atoms with Crippen LogP contribution in [0, 0.1) is 0 Å². The molecule has 0 aliphatic carbocycles. The highest BCUT2D eigenvalue weighted by molar-refractivity contribution is 4.78. The normalized spacial score (nSPS) is 20.5. The maximum atomic E-state index is 5.12. The molecule has 1 heterocycles. The van der Waals surface area contributed by atoms with Crippen molar-refractivity contribution in [1.29, 1.82) is 0 Å². The van der Waals surface area contributed by atoms with Gasteiger partial charge in [0.25, 0.3) is 0 Å². The molecule has 0 aromatic carbocycles. The second kappa shape index (κ2) is 8.86. The first-order valence-corrected chi connectivity index (χ1v) is 7.32. The molecule has 0 saturated carbocycles. The first-order valence-electron chi connectivity index (χ1n) is 7.32. The molecular weight excluding hydrogens is 226 g/mol. The van der Waals surface area contributed by atoms with Crippen LogP contribution in [0.25, 0.3) is 0 Å². The van der Waals surface area contributed by atoms with Crippen LogP contribution in [-0.4, -0.2) is 75.4 Å². The van der Waals surface area contributed by atoms with E-state index >= 15 is 0 Å². The van der Waals surface area contributed by atoms with Gasteiger partial charge in [0.05, 0.1) is 6.61 Å². The molecule has 1 N–H and O–H groups in total. The Labute approximate surface area is 113 Å². The Morgan fingerprint density at radius 2 is 2.06 bits per heavy atom. The summed E-state index contributed by atoms with van der Waals surface area (Å²) in [5.74, 6) is 0. The number of rotatable bonds is 8. The van der Waals surface area contributed by atoms with E-state index in [4.69, 9.17) is 4.74 Å². The van der Waals surface area contributed by atoms with Gasteiger partial charge in [0.15, 0.2) is 0 Å². The maximum Gasteiger partial charge on any atom is 0.0613 e. The Kier molecular flexibility index (Phi) is 7.82. The van der Waals surface area contributed by atoms with E-state index in [1.807, 2.05) is 0 Å². The lowest BCUT2D eigenvalue weighted by atomic mass is 10.0. The summed E-state index contributed by atoms with van der Waals surface area (Å²) in [5, 5.41) is 3.50. The number of likely N-dealkylation sites (N-methyl/N-ethyl adjacent to an activating group) is 1. The molecule has 1 fully saturated rings. The van der Waals surface area contributed by atoms with Crippen molar-refractivity contribution in [2.75, 3.05) is 53.5 Å². The van der Waals surface area contributed by atoms with E-state index in [1.165, 1.54) is 32.5 Å². The highest BCUT2D eigenvalue weighted by atomic mass is 16.5. The van der Waals surface area contributed by atoms with Crippen LogP contribution in [0.2, 0.25) is 0 Å². The fourth-order valence-electron chi connectivity index (χ4n) is 2.66. The Morgan fingerprint density at radius 3 is 2.61 bits per heavy atom. The molecule has 1 aliphatic rings. The summed E-state index contributed by atoms with van der Waals surface area (Å²) in [6.07, 6.45) is 2.63. The molecule has 1 unspecified atom stereocenters. The number of nitrogens with zero attached hydrogens (tertiary/aromatic N) is 2. The van der Waals surface area contributed by atoms with Gasteiger partial charge in [0, 0.05) is 32.3 Å². The number of piperidine rings is 1. The van der Waals surface area contributed by atoms with Crippen LogP contribution < -0.4 is 5.32 Å². The van der Waals surface area contributed by atoms with Gasteiger partial charge in [0.1, 0.15) is 0 Å². The third-order valence-corrected chi connectivity index (χ3v) is 4.00. The minimum atomic E-state index is 0.449. The van der Waals surface area contributed by atoms with Crippen molar-refractivity contribution in [3.63, 3.8) is 0 Å². The summed E-state index contributed by atoms with van der Waals surface area (Å²) in [6, 6.07) is 1.22. The standard InChI is InChI=1S/C14H31N3O/c1-5-17-9-6-14(7-10-17)16(3)11-8-15-13(2)12-18-4/h13-15H,5-12H2,1-4H3. The fourth-order valence-corrected chi connectivity index (χ4v) is 2.66. The van der Waals surface area contributed by atoms with Gasteiger partial charge in [-0.15, -0.1) is 0 Å². The van der Waals surface area contributed by atoms with E-state index in [9.17, 15) is 0 Å². The second-order valence-corrected chi connectivity index (χ2v) is 5.46. The lowest BCUT2D eigenvalue weighted by Crippen LogP contribution is -2.45. The topological polar surface area (TPSA) is 27.7 Å². The first-order chi connectivity index (χ1) is 8.67. The summed E-state index contributed by atoms with van der Waals surface area (Å²) in [7, 11) is 4.01. The smallest absolute Gasteiger partial charge is 0.0613 e. The van der Waals surface area contributed by atoms with Crippen molar-refractivity contribution in [3.8, 4) is 0 Å². The number of nitrogens with one attached hydrogen (secondary N) is 1. The number of methoxy groups -OCH3 is 1. The predicted molar refractivity (Wildman–Crippen MR) is 77.1 cm³/mol. The van der Waals surface area contributed by atoms with Gasteiger partial charge < -0.3 is 19.9 Å². The van der Waals surface area contributed by atoms with E-state index in [0.717, 1.165) is 25.7 Å². The van der Waals surface area contributed by atoms with Crippen LogP contribution >= 0.6 is 0 Å². The zero-order valence-corrected chi connectivity index (χ0v) is 12.6. The van der Waals surface area contributed by atoms with Crippen LogP contribution in [-0.2, 0) is 4.74 Å². The molecule has 4 nitrogen and oxygen atoms in total. The number of hydrogen-bond donors (Lipinski definition) is 1. The van der Waals surface area contributed by atoms with E-state index in [-0.39, 0.29) is 0 Å². The number of likely N-dealkylation sites (tertiary alicyclic amines) is 1. The van der Waals surface area contributed by atoms with Crippen LogP contribution in [0.1, 0.15) is 26.7 Å². The van der Waals surface area contributed by atoms with Gasteiger partial charge in [-0.25, -0.2) is 0 Å². The lowest BCUT2D eigenvalue weighted by molar-refractivity contribution is 0.128. The number of ether oxygens (including phenoxy) is 1. The predicted octanol–water partition coefficient (Wildman–Crippen LogP) is 1.03. The third-order valence-electron chi connectivity index (χ3n) is 4.00. The van der Waals surface area contributed by atoms with Crippen molar-refractivity contribution in [2.45, 2.75) is 38.8 Å². The highest BCUT2D eigenvalue weighted by Crippen LogP contribution is 2.14. The average molecular weight is 257 g/mol. The van der Waals surface area contributed by atoms with Gasteiger partial charge >= 0.3 is 0 Å². The van der Waals surface area contributed by atoms with Crippen LogP contribution in [0.5, 0.6) is 0 Å². The first kappa shape index (κ1) is 15.9. The third kappa shape index (κ3) is 5.65. The molecule has 0 radical (unpaired) electrons. The lowest BCUT2D eigenvalue weighted by Gasteiger charge is -2.36. The van der Waals surface area contributed by atoms with Crippen molar-refractivity contribution in [2.24, 2.45) is 0 Å². The molecule has 1 saturated heterocycles. The van der Waals surface area contributed by atoms with E-state index in [0.29, 0.717) is 6.04 Å². The Morgan fingerprint density at radius 1 is 1.39 bits per heavy atom. The zero-order valence-electron chi connectivity index (χ0n) is 12.6. The quantitative estimate of drug-likeness (QED) is 0.703. The molecule has 4 heteroatoms. The minimum Gasteiger partial charge on any atom is -0.383 e. The summed E-state index contributed by atoms with van der Waals surface area (Å²) < 4.78 is 5.12. The Balaban J connectivity index is 2.11. The van der Waals surface area contributed by atoms with Crippen LogP contribution in [0.3, 0.4) is 0 Å². The van der Waals surface area contributed by atoms with Crippen molar-refractivity contribution in [1.82, 2.24) is 15.1 Å². The van der Waals surface area contributed by atoms with Gasteiger partial charge in [-0.05, 0) is 46.4 Å². The Hall–Kier alpha value is -0.160. The second-order valence-electron chi connectivity index (χ2n) is 5.46. The van der Waals surface area contributed by atoms with E-state index in [2.05, 4.69) is 36.0 Å². The van der Waals surface area contributed by atoms with E-state index in [1.54, 1.807) is 7.11 Å². The molecule has 18 heavy (non-hydrogen) atoms. The monoisotopic (exact) mass is 257 g/mol. The molecule has 0 aromatic rings. The molecule has 108 valence electrons. The molecule has 1 atom stereocenters. The molecule has 0 amide bonds. The molecular formula is C14H31N3O. The molecule has 1 rings (SSSR count).